The van der Waals surface area contributed by atoms with Gasteiger partial charge < -0.3 is 0 Å². The zero-order chi connectivity index (χ0) is 9.46. The second kappa shape index (κ2) is 4.05. The van der Waals surface area contributed by atoms with E-state index in [1.807, 2.05) is 22.6 Å². The smallest absolute Gasteiger partial charge is 0.163 e. The Bertz CT molecular complexity index is 234. The molecule has 0 radical (unpaired) electrons. The molecule has 0 unspecified atom stereocenters. The van der Waals surface area contributed by atoms with E-state index >= 15 is 0 Å². The normalized spacial score (nSPS) is 10.5. The highest BCUT2D eigenvalue weighted by atomic mass is 127. The molecule has 0 heterocycles. The third kappa shape index (κ3) is 1.77. The summed E-state index contributed by atoms with van der Waals surface area (Å²) in [6, 6.07) is 0. The lowest BCUT2D eigenvalue weighted by molar-refractivity contribution is 0.628. The SMILES string of the molecule is Fc1c(Cl)c(Cl)c(I)c(Cl)c1Cl. The predicted molar refractivity (Wildman–Crippen MR) is 59.2 cm³/mol. The molecule has 12 heavy (non-hydrogen) atoms. The van der Waals surface area contributed by atoms with Crippen LogP contribution in [0.3, 0.4) is 0 Å². The van der Waals surface area contributed by atoms with Crippen molar-refractivity contribution in [3.8, 4) is 0 Å². The Labute approximate surface area is 102 Å². The van der Waals surface area contributed by atoms with Gasteiger partial charge in [0.05, 0.1) is 23.7 Å². The van der Waals surface area contributed by atoms with Crippen molar-refractivity contribution in [2.24, 2.45) is 0 Å². The number of hydrogen-bond acceptors (Lipinski definition) is 0. The third-order valence-electron chi connectivity index (χ3n) is 1.16. The summed E-state index contributed by atoms with van der Waals surface area (Å²) < 4.78 is 13.4. The van der Waals surface area contributed by atoms with Crippen molar-refractivity contribution in [1.29, 1.82) is 0 Å². The number of hydrogen-bond donors (Lipinski definition) is 0. The lowest BCUT2D eigenvalue weighted by atomic mass is 10.3. The highest BCUT2D eigenvalue weighted by Crippen LogP contribution is 2.40. The van der Waals surface area contributed by atoms with Crippen molar-refractivity contribution in [3.63, 3.8) is 0 Å². The van der Waals surface area contributed by atoms with E-state index in [-0.39, 0.29) is 20.1 Å². The van der Waals surface area contributed by atoms with Crippen molar-refractivity contribution in [2.45, 2.75) is 0 Å². The van der Waals surface area contributed by atoms with Crippen molar-refractivity contribution in [1.82, 2.24) is 0 Å². The van der Waals surface area contributed by atoms with Crippen molar-refractivity contribution in [2.75, 3.05) is 0 Å². The summed E-state index contributed by atoms with van der Waals surface area (Å²) in [6.07, 6.45) is 0. The maximum atomic E-state index is 13.0. The summed E-state index contributed by atoms with van der Waals surface area (Å²) in [5, 5.41) is -0.223. The molecule has 0 aliphatic carbocycles. The van der Waals surface area contributed by atoms with Crippen LogP contribution in [-0.4, -0.2) is 0 Å². The molecule has 1 rings (SSSR count). The molecule has 0 N–H and O–H groups in total. The van der Waals surface area contributed by atoms with E-state index in [4.69, 9.17) is 46.4 Å². The molecule has 0 aromatic heterocycles. The average molecular weight is 360 g/mol. The Hall–Kier alpha value is 1.04. The van der Waals surface area contributed by atoms with Crippen LogP contribution in [0.15, 0.2) is 0 Å². The summed E-state index contributed by atoms with van der Waals surface area (Å²) in [4.78, 5) is 0. The number of benzene rings is 1. The van der Waals surface area contributed by atoms with E-state index < -0.39 is 5.82 Å². The molecule has 0 saturated carbocycles. The highest BCUT2D eigenvalue weighted by molar-refractivity contribution is 14.1. The van der Waals surface area contributed by atoms with E-state index in [0.29, 0.717) is 3.57 Å². The van der Waals surface area contributed by atoms with E-state index in [1.165, 1.54) is 0 Å². The fourth-order valence-electron chi connectivity index (χ4n) is 0.578. The van der Waals surface area contributed by atoms with Crippen LogP contribution in [0, 0.1) is 9.39 Å². The fourth-order valence-corrected chi connectivity index (χ4v) is 2.27. The van der Waals surface area contributed by atoms with Crippen molar-refractivity contribution < 1.29 is 4.39 Å². The van der Waals surface area contributed by atoms with E-state index in [9.17, 15) is 4.39 Å². The Balaban J connectivity index is 3.60. The second-order valence-corrected chi connectivity index (χ2v) is 4.47. The third-order valence-corrected chi connectivity index (χ3v) is 4.53. The van der Waals surface area contributed by atoms with Crippen LogP contribution in [0.5, 0.6) is 0 Å². The molecule has 0 bridgehead atoms. The maximum absolute atomic E-state index is 13.0. The van der Waals surface area contributed by atoms with Gasteiger partial charge in [-0.2, -0.15) is 0 Å². The van der Waals surface area contributed by atoms with E-state index in [2.05, 4.69) is 0 Å². The molecule has 1 aromatic rings. The Morgan fingerprint density at radius 1 is 0.833 bits per heavy atom. The zero-order valence-electron chi connectivity index (χ0n) is 5.27. The number of rotatable bonds is 0. The van der Waals surface area contributed by atoms with Gasteiger partial charge in [0.15, 0.2) is 5.82 Å². The molecule has 6 heteroatoms. The van der Waals surface area contributed by atoms with Crippen LogP contribution < -0.4 is 0 Å². The maximum Gasteiger partial charge on any atom is 0.163 e. The summed E-state index contributed by atoms with van der Waals surface area (Å²) in [5.74, 6) is -0.784. The minimum Gasteiger partial charge on any atom is -0.204 e. The van der Waals surface area contributed by atoms with Gasteiger partial charge in [0.1, 0.15) is 0 Å². The molecule has 0 saturated heterocycles. The lowest BCUT2D eigenvalue weighted by Crippen LogP contribution is -1.87. The standard InChI is InChI=1S/C6Cl4FI/c7-1-3(9)6(12)4(10)2(8)5(1)11. The minimum atomic E-state index is -0.784. The first-order valence-electron chi connectivity index (χ1n) is 2.63. The zero-order valence-corrected chi connectivity index (χ0v) is 10.4. The first-order valence-corrected chi connectivity index (χ1v) is 5.22. The van der Waals surface area contributed by atoms with Gasteiger partial charge in [-0.3, -0.25) is 0 Å². The molecule has 0 fully saturated rings. The monoisotopic (exact) mass is 358 g/mol. The first-order chi connectivity index (χ1) is 5.46. The molecular weight excluding hydrogens is 360 g/mol. The topological polar surface area (TPSA) is 0 Å². The lowest BCUT2D eigenvalue weighted by Gasteiger charge is -2.05. The Morgan fingerprint density at radius 2 is 1.17 bits per heavy atom. The molecule has 0 aliphatic heterocycles. The number of halogens is 6. The van der Waals surface area contributed by atoms with Gasteiger partial charge in [-0.25, -0.2) is 4.39 Å². The van der Waals surface area contributed by atoms with Gasteiger partial charge in [-0.1, -0.05) is 46.4 Å². The van der Waals surface area contributed by atoms with Crippen LogP contribution in [0.1, 0.15) is 0 Å². The Kier molecular flexibility index (Phi) is 3.75. The van der Waals surface area contributed by atoms with Gasteiger partial charge >= 0.3 is 0 Å². The summed E-state index contributed by atoms with van der Waals surface area (Å²) >= 11 is 24.1. The van der Waals surface area contributed by atoms with Crippen LogP contribution in [0.4, 0.5) is 4.39 Å². The molecule has 0 aliphatic rings. The van der Waals surface area contributed by atoms with Crippen LogP contribution in [0.25, 0.3) is 0 Å². The minimum absolute atomic E-state index is 0.0872. The average Bonchev–Trinajstić information content (AvgIpc) is 2.08. The van der Waals surface area contributed by atoms with Crippen molar-refractivity contribution >= 4 is 69.0 Å². The molecule has 0 atom stereocenters. The van der Waals surface area contributed by atoms with Crippen molar-refractivity contribution in [3.05, 3.63) is 29.5 Å². The largest absolute Gasteiger partial charge is 0.204 e. The van der Waals surface area contributed by atoms with Gasteiger partial charge in [0, 0.05) is 0 Å². The Morgan fingerprint density at radius 3 is 1.50 bits per heavy atom. The van der Waals surface area contributed by atoms with Gasteiger partial charge in [-0.05, 0) is 22.6 Å². The molecule has 0 amide bonds. The first kappa shape index (κ1) is 11.1. The predicted octanol–water partition coefficient (Wildman–Crippen LogP) is 5.04. The quantitative estimate of drug-likeness (QED) is 0.346. The molecule has 0 nitrogen and oxygen atoms in total. The second-order valence-electron chi connectivity index (χ2n) is 1.88. The highest BCUT2D eigenvalue weighted by Gasteiger charge is 2.18. The van der Waals surface area contributed by atoms with Gasteiger partial charge in [0.2, 0.25) is 0 Å². The summed E-state index contributed by atoms with van der Waals surface area (Å²) in [6.45, 7) is 0. The van der Waals surface area contributed by atoms with Gasteiger partial charge in [0.25, 0.3) is 0 Å². The molecule has 66 valence electrons. The van der Waals surface area contributed by atoms with Crippen LogP contribution in [0.2, 0.25) is 20.1 Å². The molecule has 0 spiro atoms. The van der Waals surface area contributed by atoms with E-state index in [0.717, 1.165) is 0 Å². The van der Waals surface area contributed by atoms with Crippen LogP contribution >= 0.6 is 69.0 Å². The molecular formula is C6Cl4FI. The molecule has 1 aromatic carbocycles. The van der Waals surface area contributed by atoms with Crippen LogP contribution in [-0.2, 0) is 0 Å². The fraction of sp³-hybridized carbons (Fsp3) is 0. The van der Waals surface area contributed by atoms with Gasteiger partial charge in [-0.15, -0.1) is 0 Å². The van der Waals surface area contributed by atoms with E-state index in [1.54, 1.807) is 0 Å². The summed E-state index contributed by atoms with van der Waals surface area (Å²) in [7, 11) is 0. The summed E-state index contributed by atoms with van der Waals surface area (Å²) in [5.41, 5.74) is 0.